The molecular weight excluding hydrogens is 670 g/mol. The average Bonchev–Trinajstić information content (AvgIpc) is 3.11. The number of fused-ring (bicyclic) bond motifs is 1. The number of hydrogen-bond acceptors (Lipinski definition) is 4. The summed E-state index contributed by atoms with van der Waals surface area (Å²) in [4.78, 5) is 31.1. The van der Waals surface area contributed by atoms with Crippen LogP contribution in [0.4, 0.5) is 22.0 Å². The molecule has 0 N–H and O–H groups in total. The van der Waals surface area contributed by atoms with Crippen LogP contribution >= 0.6 is 11.8 Å². The van der Waals surface area contributed by atoms with E-state index in [2.05, 4.69) is 4.90 Å². The van der Waals surface area contributed by atoms with Crippen LogP contribution in [0.1, 0.15) is 37.0 Å². The van der Waals surface area contributed by atoms with Gasteiger partial charge in [-0.05, 0) is 67.0 Å². The van der Waals surface area contributed by atoms with Crippen LogP contribution in [-0.4, -0.2) is 46.5 Å². The van der Waals surface area contributed by atoms with Gasteiger partial charge in [-0.2, -0.15) is 13.2 Å². The number of amides is 1. The molecule has 0 atom stereocenters. The van der Waals surface area contributed by atoms with Crippen LogP contribution < -0.4 is 5.43 Å². The maximum Gasteiger partial charge on any atom is 0.417 e. The molecule has 1 heterocycles. The Morgan fingerprint density at radius 2 is 1.56 bits per heavy atom. The Balaban J connectivity index is 1.49. The first-order chi connectivity index (χ1) is 24.0. The Bertz CT molecular complexity index is 1990. The molecule has 262 valence electrons. The van der Waals surface area contributed by atoms with Crippen molar-refractivity contribution in [1.82, 2.24) is 14.4 Å². The summed E-state index contributed by atoms with van der Waals surface area (Å²) in [5.41, 5.74) is 0.321. The highest BCUT2D eigenvalue weighted by atomic mass is 32.2. The third-order valence-corrected chi connectivity index (χ3v) is 9.77. The van der Waals surface area contributed by atoms with Gasteiger partial charge in [0.15, 0.2) is 17.1 Å². The summed E-state index contributed by atoms with van der Waals surface area (Å²) in [6.45, 7) is 6.39. The van der Waals surface area contributed by atoms with Crippen LogP contribution in [-0.2, 0) is 29.8 Å². The molecule has 0 unspecified atom stereocenters. The summed E-state index contributed by atoms with van der Waals surface area (Å²) in [5.74, 6) is -2.34. The summed E-state index contributed by atoms with van der Waals surface area (Å²) < 4.78 is 73.2. The molecule has 5 aromatic rings. The maximum atomic E-state index is 14.5. The zero-order chi connectivity index (χ0) is 35.8. The average molecular weight is 708 g/mol. The first-order valence-electron chi connectivity index (χ1n) is 16.4. The van der Waals surface area contributed by atoms with E-state index in [0.717, 1.165) is 37.0 Å². The van der Waals surface area contributed by atoms with Crippen LogP contribution in [0.5, 0.6) is 0 Å². The number of pyridine rings is 1. The van der Waals surface area contributed by atoms with Crippen LogP contribution in [0.2, 0.25) is 0 Å². The Morgan fingerprint density at radius 1 is 0.840 bits per heavy atom. The number of rotatable bonds is 14. The number of halogens is 5. The van der Waals surface area contributed by atoms with Crippen molar-refractivity contribution in [3.8, 4) is 11.1 Å². The van der Waals surface area contributed by atoms with E-state index in [9.17, 15) is 31.5 Å². The number of carbonyl (C=O) groups excluding carboxylic acids is 1. The van der Waals surface area contributed by atoms with Gasteiger partial charge in [-0.15, -0.1) is 11.8 Å². The molecule has 11 heteroatoms. The van der Waals surface area contributed by atoms with Crippen LogP contribution in [0.25, 0.3) is 22.0 Å². The van der Waals surface area contributed by atoms with Gasteiger partial charge in [-0.25, -0.2) is 8.78 Å². The summed E-state index contributed by atoms with van der Waals surface area (Å²) in [6, 6.07) is 24.6. The third-order valence-electron chi connectivity index (χ3n) is 8.68. The van der Waals surface area contributed by atoms with E-state index in [1.807, 2.05) is 13.8 Å². The predicted octanol–water partition coefficient (Wildman–Crippen LogP) is 9.02. The summed E-state index contributed by atoms with van der Waals surface area (Å²) in [6.07, 6.45) is -4.03. The summed E-state index contributed by atoms with van der Waals surface area (Å²) in [7, 11) is 0. The topological polar surface area (TPSA) is 45.5 Å². The first kappa shape index (κ1) is 36.8. The molecule has 5 rings (SSSR count). The molecular formula is C39H38F5N3O2S. The molecule has 0 saturated carbocycles. The lowest BCUT2D eigenvalue weighted by Gasteiger charge is -2.27. The van der Waals surface area contributed by atoms with Crippen LogP contribution in [0.3, 0.4) is 0 Å². The van der Waals surface area contributed by atoms with Gasteiger partial charge in [-0.1, -0.05) is 80.6 Å². The predicted molar refractivity (Wildman–Crippen MR) is 189 cm³/mol. The van der Waals surface area contributed by atoms with Crippen molar-refractivity contribution in [2.75, 3.05) is 26.2 Å². The number of hydrogen-bond donors (Lipinski definition) is 0. The Kier molecular flexibility index (Phi) is 12.1. The molecule has 0 bridgehead atoms. The lowest BCUT2D eigenvalue weighted by molar-refractivity contribution is -0.137. The van der Waals surface area contributed by atoms with Gasteiger partial charge in [-0.3, -0.25) is 9.59 Å². The van der Waals surface area contributed by atoms with Gasteiger partial charge in [0.2, 0.25) is 5.91 Å². The molecule has 0 aliphatic carbocycles. The van der Waals surface area contributed by atoms with E-state index in [1.54, 1.807) is 70.1 Å². The van der Waals surface area contributed by atoms with Crippen molar-refractivity contribution in [3.63, 3.8) is 0 Å². The first-order valence-corrected chi connectivity index (χ1v) is 17.4. The second-order valence-electron chi connectivity index (χ2n) is 11.9. The number of aromatic nitrogens is 1. The fourth-order valence-corrected chi connectivity index (χ4v) is 7.00. The molecule has 1 amide bonds. The van der Waals surface area contributed by atoms with Gasteiger partial charge < -0.3 is 14.4 Å². The van der Waals surface area contributed by atoms with Gasteiger partial charge in [0.25, 0.3) is 0 Å². The zero-order valence-electron chi connectivity index (χ0n) is 27.9. The summed E-state index contributed by atoms with van der Waals surface area (Å²) in [5, 5.41) is 0.751. The second-order valence-corrected chi connectivity index (χ2v) is 12.9. The Labute approximate surface area is 292 Å². The molecule has 0 spiro atoms. The second kappa shape index (κ2) is 16.5. The van der Waals surface area contributed by atoms with E-state index in [1.165, 1.54) is 24.3 Å². The van der Waals surface area contributed by atoms with Gasteiger partial charge >= 0.3 is 6.18 Å². The van der Waals surface area contributed by atoms with E-state index in [-0.39, 0.29) is 47.8 Å². The smallest absolute Gasteiger partial charge is 0.337 e. The van der Waals surface area contributed by atoms with Crippen molar-refractivity contribution in [2.45, 2.75) is 50.3 Å². The summed E-state index contributed by atoms with van der Waals surface area (Å²) >= 11 is 1.10. The van der Waals surface area contributed by atoms with Crippen molar-refractivity contribution in [1.29, 1.82) is 0 Å². The molecule has 4 aromatic carbocycles. The van der Waals surface area contributed by atoms with E-state index < -0.39 is 23.4 Å². The minimum Gasteiger partial charge on any atom is -0.337 e. The molecule has 0 aliphatic heterocycles. The van der Waals surface area contributed by atoms with Crippen molar-refractivity contribution in [2.24, 2.45) is 0 Å². The number of carbonyl (C=O) groups is 1. The molecule has 1 aromatic heterocycles. The van der Waals surface area contributed by atoms with Crippen molar-refractivity contribution < 1.29 is 26.7 Å². The van der Waals surface area contributed by atoms with E-state index >= 15 is 0 Å². The fourth-order valence-electron chi connectivity index (χ4n) is 5.96. The minimum absolute atomic E-state index is 0.00285. The van der Waals surface area contributed by atoms with E-state index in [0.29, 0.717) is 40.0 Å². The van der Waals surface area contributed by atoms with Gasteiger partial charge in [0.1, 0.15) is 6.54 Å². The maximum absolute atomic E-state index is 14.5. The zero-order valence-corrected chi connectivity index (χ0v) is 28.7. The number of alkyl halides is 3. The number of thioether (sulfide) groups is 1. The molecule has 5 nitrogen and oxygen atoms in total. The lowest BCUT2D eigenvalue weighted by Crippen LogP contribution is -2.36. The minimum atomic E-state index is -4.62. The molecule has 0 saturated heterocycles. The van der Waals surface area contributed by atoms with Crippen LogP contribution in [0.15, 0.2) is 107 Å². The van der Waals surface area contributed by atoms with Crippen molar-refractivity contribution in [3.05, 3.63) is 136 Å². The van der Waals surface area contributed by atoms with Crippen molar-refractivity contribution >= 4 is 28.6 Å². The number of para-hydroxylation sites is 1. The van der Waals surface area contributed by atoms with Gasteiger partial charge in [0.05, 0.1) is 16.1 Å². The lowest BCUT2D eigenvalue weighted by atomic mass is 9.97. The quantitative estimate of drug-likeness (QED) is 0.0854. The Hall–Kier alpha value is -4.48. The van der Waals surface area contributed by atoms with Gasteiger partial charge in [0, 0.05) is 35.9 Å². The highest BCUT2D eigenvalue weighted by molar-refractivity contribution is 7.98. The van der Waals surface area contributed by atoms with E-state index in [4.69, 9.17) is 0 Å². The SMILES string of the molecule is CCN(CC)CCCN(Cc1ccc(-c2ccccc2)c(C(F)(F)F)c1)C(=O)Cn1c(SCc2cccc(F)c2F)cc(=O)c2ccccc21. The standard InChI is InChI=1S/C39H38F5N3O2S/c1-3-45(4-2)20-11-21-46(24-27-18-19-30(28-12-6-5-7-13-28)32(22-27)39(42,43)44)36(49)25-47-34-17-9-8-15-31(34)35(48)23-37(47)50-26-29-14-10-16-33(40)38(29)41/h5-10,12-19,22-23H,3-4,11,20-21,24-26H2,1-2H3. The number of benzene rings is 4. The molecule has 0 radical (unpaired) electrons. The Morgan fingerprint density at radius 3 is 2.28 bits per heavy atom. The van der Waals surface area contributed by atoms with Crippen LogP contribution in [0, 0.1) is 11.6 Å². The molecule has 50 heavy (non-hydrogen) atoms. The highest BCUT2D eigenvalue weighted by Crippen LogP contribution is 2.38. The fraction of sp³-hybridized carbons (Fsp3) is 0.282. The molecule has 0 aliphatic rings. The highest BCUT2D eigenvalue weighted by Gasteiger charge is 2.34. The largest absolute Gasteiger partial charge is 0.417 e. The molecule has 0 fully saturated rings. The third kappa shape index (κ3) is 8.81. The normalized spacial score (nSPS) is 11.8. The monoisotopic (exact) mass is 707 g/mol. The number of nitrogens with zero attached hydrogens (tertiary/aromatic N) is 3.